The van der Waals surface area contributed by atoms with Crippen molar-refractivity contribution >= 4 is 53.9 Å². The molecule has 1 aliphatic rings. The molecule has 9 aromatic carbocycles. The highest BCUT2D eigenvalue weighted by Crippen LogP contribution is 2.53. The molecule has 0 N–H and O–H groups in total. The summed E-state index contributed by atoms with van der Waals surface area (Å²) in [6.45, 7) is 0. The van der Waals surface area contributed by atoms with Gasteiger partial charge in [0.2, 0.25) is 0 Å². The maximum atomic E-state index is 9.01. The van der Waals surface area contributed by atoms with Crippen molar-refractivity contribution in [2.45, 2.75) is 0 Å². The summed E-state index contributed by atoms with van der Waals surface area (Å²) in [6, 6.07) is 42.1. The first-order valence-electron chi connectivity index (χ1n) is 17.6. The van der Waals surface area contributed by atoms with Gasteiger partial charge in [0.25, 0.3) is 0 Å². The van der Waals surface area contributed by atoms with Crippen molar-refractivity contribution in [2.75, 3.05) is 0 Å². The lowest BCUT2D eigenvalue weighted by atomic mass is 9.82. The number of fused-ring (bicyclic) bond motifs is 8. The van der Waals surface area contributed by atoms with Crippen LogP contribution in [-0.2, 0) is 0 Å². The molecule has 208 valence electrons. The minimum Gasteiger partial charge on any atom is -0.455 e. The molecule has 0 saturated carbocycles. The summed E-state index contributed by atoms with van der Waals surface area (Å²) in [5.74, 6) is 1.66. The zero-order valence-corrected chi connectivity index (χ0v) is 24.0. The van der Waals surface area contributed by atoms with Gasteiger partial charge in [-0.2, -0.15) is 0 Å². The molecular formula is C44H26O. The molecule has 0 spiro atoms. The Balaban J connectivity index is 1.38. The van der Waals surface area contributed by atoms with E-state index in [9.17, 15) is 0 Å². The molecule has 9 aromatic rings. The second kappa shape index (κ2) is 9.29. The largest absolute Gasteiger partial charge is 0.455 e. The minimum atomic E-state index is -0.403. The number of rotatable bonds is 2. The van der Waals surface area contributed by atoms with Crippen molar-refractivity contribution in [1.82, 2.24) is 0 Å². The predicted molar refractivity (Wildman–Crippen MR) is 190 cm³/mol. The molecule has 0 saturated heterocycles. The van der Waals surface area contributed by atoms with Gasteiger partial charge < -0.3 is 4.74 Å². The Morgan fingerprint density at radius 3 is 1.87 bits per heavy atom. The third-order valence-electron chi connectivity index (χ3n) is 9.32. The van der Waals surface area contributed by atoms with E-state index in [0.717, 1.165) is 87.6 Å². The first-order valence-corrected chi connectivity index (χ1v) is 15.1. The summed E-state index contributed by atoms with van der Waals surface area (Å²) in [6.07, 6.45) is 0. The highest BCUT2D eigenvalue weighted by molar-refractivity contribution is 6.30. The van der Waals surface area contributed by atoms with Crippen LogP contribution < -0.4 is 4.74 Å². The zero-order valence-electron chi connectivity index (χ0n) is 29.0. The minimum absolute atomic E-state index is 0.202. The maximum absolute atomic E-state index is 9.01. The molecule has 0 unspecified atom stereocenters. The summed E-state index contributed by atoms with van der Waals surface area (Å²) in [5, 5.41) is 9.90. The number of benzene rings is 9. The van der Waals surface area contributed by atoms with Crippen molar-refractivity contribution in [3.8, 4) is 44.9 Å². The van der Waals surface area contributed by atoms with Crippen LogP contribution in [0.5, 0.6) is 11.5 Å². The van der Waals surface area contributed by atoms with Gasteiger partial charge >= 0.3 is 0 Å². The molecule has 0 aliphatic carbocycles. The molecule has 0 fully saturated rings. The van der Waals surface area contributed by atoms with Crippen LogP contribution in [0, 0.1) is 0 Å². The first kappa shape index (κ1) is 20.1. The Kier molecular flexibility index (Phi) is 4.15. The SMILES string of the molecule is [2H]c1c([2H])c([2H])c(-c2c3ccccc3c(-c3ccc4c5c(cccc35)-c3ccc5ccccc5c3O4)c3c2ccc2ccccc23)c([2H])c1[2H]. The van der Waals surface area contributed by atoms with E-state index in [2.05, 4.69) is 78.9 Å². The van der Waals surface area contributed by atoms with Gasteiger partial charge in [-0.3, -0.25) is 0 Å². The molecule has 45 heavy (non-hydrogen) atoms. The van der Waals surface area contributed by atoms with Gasteiger partial charge in [-0.25, -0.2) is 0 Å². The van der Waals surface area contributed by atoms with Gasteiger partial charge in [0.05, 0.1) is 6.85 Å². The van der Waals surface area contributed by atoms with Crippen LogP contribution in [0.2, 0.25) is 0 Å². The maximum Gasteiger partial charge on any atom is 0.143 e. The molecule has 1 heteroatoms. The van der Waals surface area contributed by atoms with E-state index in [1.807, 2.05) is 48.5 Å². The van der Waals surface area contributed by atoms with E-state index in [4.69, 9.17) is 11.6 Å². The molecule has 1 aliphatic heterocycles. The number of hydrogen-bond donors (Lipinski definition) is 0. The Hall–Kier alpha value is -5.92. The Morgan fingerprint density at radius 2 is 1.04 bits per heavy atom. The van der Waals surface area contributed by atoms with Gasteiger partial charge in [0.15, 0.2) is 0 Å². The average molecular weight is 576 g/mol. The van der Waals surface area contributed by atoms with Crippen LogP contribution >= 0.6 is 0 Å². The van der Waals surface area contributed by atoms with E-state index in [0.29, 0.717) is 5.56 Å². The molecule has 1 heterocycles. The Morgan fingerprint density at radius 1 is 0.400 bits per heavy atom. The lowest BCUT2D eigenvalue weighted by Gasteiger charge is -2.25. The number of hydrogen-bond acceptors (Lipinski definition) is 1. The van der Waals surface area contributed by atoms with E-state index in [1.54, 1.807) is 0 Å². The second-order valence-corrected chi connectivity index (χ2v) is 11.6. The molecule has 0 amide bonds. The third kappa shape index (κ3) is 3.44. The molecule has 0 bridgehead atoms. The highest BCUT2D eigenvalue weighted by atomic mass is 16.5. The van der Waals surface area contributed by atoms with Crippen molar-refractivity contribution in [3.05, 3.63) is 158 Å². The summed E-state index contributed by atoms with van der Waals surface area (Å²) in [4.78, 5) is 0. The van der Waals surface area contributed by atoms with Crippen molar-refractivity contribution < 1.29 is 11.6 Å². The zero-order chi connectivity index (χ0) is 33.8. The second-order valence-electron chi connectivity index (χ2n) is 11.6. The van der Waals surface area contributed by atoms with Crippen molar-refractivity contribution in [3.63, 3.8) is 0 Å². The standard InChI is InChI=1S/C44H26O/c1-2-13-29(14-3-1)40-32-17-8-9-18-34(32)43(42-30-15-6-4-11-27(30)22-24-38(40)42)36-25-26-39-41-33(36)19-10-20-35(41)37-23-21-28-12-5-7-16-31(28)44(37)45-39/h1-26H/i1D,2D,3D,13D,14D. The molecule has 1 nitrogen and oxygen atoms in total. The van der Waals surface area contributed by atoms with Crippen LogP contribution in [0.1, 0.15) is 6.85 Å². The van der Waals surface area contributed by atoms with Gasteiger partial charge in [-0.1, -0.05) is 139 Å². The van der Waals surface area contributed by atoms with Gasteiger partial charge in [0, 0.05) is 16.3 Å². The summed E-state index contributed by atoms with van der Waals surface area (Å²) in [7, 11) is 0. The van der Waals surface area contributed by atoms with Gasteiger partial charge in [-0.05, 0) is 89.1 Å². The molecule has 0 aromatic heterocycles. The summed E-state index contributed by atoms with van der Waals surface area (Å²) in [5.41, 5.74) is 5.05. The summed E-state index contributed by atoms with van der Waals surface area (Å²) < 4.78 is 50.1. The van der Waals surface area contributed by atoms with Gasteiger partial charge in [-0.15, -0.1) is 0 Å². The molecular weight excluding hydrogens is 544 g/mol. The van der Waals surface area contributed by atoms with Crippen LogP contribution in [0.4, 0.5) is 0 Å². The van der Waals surface area contributed by atoms with E-state index in [1.165, 1.54) is 0 Å². The highest BCUT2D eigenvalue weighted by Gasteiger charge is 2.25. The normalized spacial score (nSPS) is 13.7. The van der Waals surface area contributed by atoms with Gasteiger partial charge in [0.1, 0.15) is 11.5 Å². The van der Waals surface area contributed by atoms with Crippen molar-refractivity contribution in [1.29, 1.82) is 0 Å². The van der Waals surface area contributed by atoms with Crippen LogP contribution in [0.3, 0.4) is 0 Å². The average Bonchev–Trinajstić information content (AvgIpc) is 3.16. The van der Waals surface area contributed by atoms with E-state index < -0.39 is 6.04 Å². The van der Waals surface area contributed by atoms with Crippen LogP contribution in [0.25, 0.3) is 87.2 Å². The van der Waals surface area contributed by atoms with E-state index >= 15 is 0 Å². The third-order valence-corrected chi connectivity index (χ3v) is 9.32. The number of ether oxygens (including phenoxy) is 1. The smallest absolute Gasteiger partial charge is 0.143 e. The van der Waals surface area contributed by atoms with Crippen molar-refractivity contribution in [2.24, 2.45) is 0 Å². The monoisotopic (exact) mass is 575 g/mol. The van der Waals surface area contributed by atoms with E-state index in [-0.39, 0.29) is 29.7 Å². The first-order chi connectivity index (χ1) is 24.4. The topological polar surface area (TPSA) is 9.23 Å². The Labute approximate surface area is 267 Å². The summed E-state index contributed by atoms with van der Waals surface area (Å²) >= 11 is 0. The molecule has 0 atom stereocenters. The lowest BCUT2D eigenvalue weighted by Crippen LogP contribution is -1.99. The predicted octanol–water partition coefficient (Wildman–Crippen LogP) is 12.6. The fourth-order valence-corrected chi connectivity index (χ4v) is 7.45. The molecule has 0 radical (unpaired) electrons. The van der Waals surface area contributed by atoms with Crippen LogP contribution in [-0.4, -0.2) is 0 Å². The molecule has 10 rings (SSSR count). The fourth-order valence-electron chi connectivity index (χ4n) is 7.45. The van der Waals surface area contributed by atoms with Crippen LogP contribution in [0.15, 0.2) is 158 Å². The Bertz CT molecular complexity index is 2940. The quantitative estimate of drug-likeness (QED) is 0.147. The fraction of sp³-hybridized carbons (Fsp3) is 0. The lowest BCUT2D eigenvalue weighted by molar-refractivity contribution is 0.493.